The molecule has 6 rings (SSSR count). The predicted octanol–water partition coefficient (Wildman–Crippen LogP) is 6.80. The number of aliphatic imine (C=N–C) groups is 1. The van der Waals surface area contributed by atoms with E-state index in [9.17, 15) is 22.8 Å². The highest BCUT2D eigenvalue weighted by Crippen LogP contribution is 2.41. The monoisotopic (exact) mass is 634 g/mol. The van der Waals surface area contributed by atoms with Crippen molar-refractivity contribution < 1.29 is 27.5 Å². The van der Waals surface area contributed by atoms with Crippen LogP contribution in [-0.4, -0.2) is 50.0 Å². The van der Waals surface area contributed by atoms with E-state index in [0.29, 0.717) is 16.7 Å². The fraction of sp³-hybridized carbons (Fsp3) is 0.281. The molecule has 1 saturated heterocycles. The molecular weight excluding hydrogens is 605 g/mol. The number of halogens is 3. The van der Waals surface area contributed by atoms with Gasteiger partial charge < -0.3 is 10.1 Å². The van der Waals surface area contributed by atoms with E-state index in [1.807, 2.05) is 49.4 Å². The number of benzene rings is 3. The topological polar surface area (TPSA) is 102 Å². The number of nitrogens with zero attached hydrogens (tertiary/aromatic N) is 5. The fourth-order valence-corrected chi connectivity index (χ4v) is 6.10. The van der Waals surface area contributed by atoms with Gasteiger partial charge in [0.2, 0.25) is 5.91 Å². The van der Waals surface area contributed by atoms with Gasteiger partial charge in [-0.2, -0.15) is 4.99 Å². The average molecular weight is 635 g/mol. The van der Waals surface area contributed by atoms with Gasteiger partial charge in [0.05, 0.1) is 17.1 Å². The molecule has 1 aliphatic carbocycles. The summed E-state index contributed by atoms with van der Waals surface area (Å²) < 4.78 is 42.6. The van der Waals surface area contributed by atoms with Gasteiger partial charge in [-0.25, -0.2) is 14.5 Å². The molecule has 2 aliphatic rings. The largest absolute Gasteiger partial charge is 0.573 e. The first-order chi connectivity index (χ1) is 21.6. The molecule has 2 unspecified atom stereocenters. The maximum Gasteiger partial charge on any atom is 0.573 e. The minimum atomic E-state index is -4.76. The molecule has 0 spiro atoms. The Bertz CT molecular complexity index is 1760. The third-order valence-electron chi connectivity index (χ3n) is 7.49. The van der Waals surface area contributed by atoms with Gasteiger partial charge in [0.1, 0.15) is 12.1 Å². The summed E-state index contributed by atoms with van der Waals surface area (Å²) in [5, 5.41) is 7.81. The van der Waals surface area contributed by atoms with Crippen molar-refractivity contribution in [3.05, 3.63) is 89.7 Å². The summed E-state index contributed by atoms with van der Waals surface area (Å²) in [5.41, 5.74) is 5.21. The van der Waals surface area contributed by atoms with Gasteiger partial charge in [-0.05, 0) is 66.8 Å². The van der Waals surface area contributed by atoms with Crippen LogP contribution in [0.2, 0.25) is 0 Å². The van der Waals surface area contributed by atoms with Crippen LogP contribution in [0.3, 0.4) is 0 Å². The molecule has 4 aromatic rings. The lowest BCUT2D eigenvalue weighted by Gasteiger charge is -2.20. The number of amidine groups is 1. The van der Waals surface area contributed by atoms with Crippen LogP contribution in [0.4, 0.5) is 23.7 Å². The standard InChI is InChI=1S/C32H29F3N6O3S/c1-3-4-21-6-5-19(2)15-27(21)41-28(42)17-45-31(41)38-30(43)37-26-16-25(26)20-7-9-22(10-8-20)29-36-18-40(39-29)23-11-13-24(14-12-23)44-32(33,34)35/h5-15,18,25-26H,3-4,16-17H2,1-2H3,(H,37,43)/b38-31-. The number of amides is 3. The smallest absolute Gasteiger partial charge is 0.406 e. The Morgan fingerprint density at radius 3 is 2.58 bits per heavy atom. The molecule has 3 aromatic carbocycles. The number of hydrogen-bond donors (Lipinski definition) is 1. The molecule has 1 aliphatic heterocycles. The molecule has 1 aromatic heterocycles. The Morgan fingerprint density at radius 1 is 1.11 bits per heavy atom. The predicted molar refractivity (Wildman–Crippen MR) is 166 cm³/mol. The summed E-state index contributed by atoms with van der Waals surface area (Å²) in [5.74, 6) is 0.416. The van der Waals surface area contributed by atoms with Crippen molar-refractivity contribution in [1.82, 2.24) is 20.1 Å². The molecule has 2 atom stereocenters. The van der Waals surface area contributed by atoms with Crippen LogP contribution in [0, 0.1) is 6.92 Å². The Kier molecular flexibility index (Phi) is 8.36. The number of aryl methyl sites for hydroxylation is 2. The van der Waals surface area contributed by atoms with E-state index in [-0.39, 0.29) is 29.4 Å². The molecule has 45 heavy (non-hydrogen) atoms. The second kappa shape index (κ2) is 12.4. The van der Waals surface area contributed by atoms with E-state index < -0.39 is 12.4 Å². The molecule has 1 N–H and O–H groups in total. The van der Waals surface area contributed by atoms with Gasteiger partial charge in [-0.3, -0.25) is 9.69 Å². The minimum Gasteiger partial charge on any atom is -0.406 e. The van der Waals surface area contributed by atoms with Gasteiger partial charge in [-0.15, -0.1) is 18.3 Å². The maximum atomic E-state index is 12.9. The summed E-state index contributed by atoms with van der Waals surface area (Å²) in [4.78, 5) is 35.9. The molecule has 3 amide bonds. The third-order valence-corrected chi connectivity index (χ3v) is 8.41. The van der Waals surface area contributed by atoms with Crippen LogP contribution < -0.4 is 15.0 Å². The lowest BCUT2D eigenvalue weighted by Crippen LogP contribution is -2.32. The Labute approximate surface area is 261 Å². The number of carbonyl (C=O) groups is 2. The van der Waals surface area contributed by atoms with Crippen LogP contribution in [0.5, 0.6) is 5.75 Å². The summed E-state index contributed by atoms with van der Waals surface area (Å²) in [6.07, 6.45) is -0.748. The summed E-state index contributed by atoms with van der Waals surface area (Å²) in [6, 6.07) is 18.5. The molecular formula is C32H29F3N6O3S. The lowest BCUT2D eigenvalue weighted by molar-refractivity contribution is -0.274. The van der Waals surface area contributed by atoms with Crippen LogP contribution in [0.1, 0.15) is 42.4 Å². The van der Waals surface area contributed by atoms with Gasteiger partial charge in [0, 0.05) is 17.5 Å². The minimum absolute atomic E-state index is 0.0699. The molecule has 13 heteroatoms. The van der Waals surface area contributed by atoms with Crippen LogP contribution >= 0.6 is 11.8 Å². The highest BCUT2D eigenvalue weighted by molar-refractivity contribution is 8.15. The number of alkyl halides is 3. The van der Waals surface area contributed by atoms with Crippen LogP contribution in [0.15, 0.2) is 78.0 Å². The van der Waals surface area contributed by atoms with Crippen molar-refractivity contribution in [3.8, 4) is 22.8 Å². The maximum absolute atomic E-state index is 12.9. The zero-order valence-corrected chi connectivity index (χ0v) is 25.2. The number of thioether (sulfide) groups is 1. The first kappa shape index (κ1) is 30.4. The van der Waals surface area contributed by atoms with Crippen LogP contribution in [-0.2, 0) is 11.2 Å². The van der Waals surface area contributed by atoms with Crippen molar-refractivity contribution in [2.24, 2.45) is 4.99 Å². The summed E-state index contributed by atoms with van der Waals surface area (Å²) in [7, 11) is 0. The molecule has 1 saturated carbocycles. The number of rotatable bonds is 8. The van der Waals surface area contributed by atoms with Gasteiger partial charge in [0.25, 0.3) is 0 Å². The lowest BCUT2D eigenvalue weighted by atomic mass is 10.0. The quantitative estimate of drug-likeness (QED) is 0.229. The number of ether oxygens (including phenoxy) is 1. The van der Waals surface area contributed by atoms with E-state index >= 15 is 0 Å². The number of urea groups is 1. The Morgan fingerprint density at radius 2 is 1.87 bits per heavy atom. The number of anilines is 1. The van der Waals surface area contributed by atoms with Crippen molar-refractivity contribution in [2.45, 2.75) is 51.4 Å². The highest BCUT2D eigenvalue weighted by Gasteiger charge is 2.40. The average Bonchev–Trinajstić information content (AvgIpc) is 3.40. The number of aromatic nitrogens is 3. The normalized spacial score (nSPS) is 18.8. The fourth-order valence-electron chi connectivity index (χ4n) is 5.24. The van der Waals surface area contributed by atoms with E-state index in [2.05, 4.69) is 32.1 Å². The zero-order chi connectivity index (χ0) is 31.7. The highest BCUT2D eigenvalue weighted by atomic mass is 32.2. The van der Waals surface area contributed by atoms with E-state index in [4.69, 9.17) is 0 Å². The Hall–Kier alpha value is -4.65. The van der Waals surface area contributed by atoms with E-state index in [1.54, 1.807) is 4.90 Å². The molecule has 2 heterocycles. The first-order valence-electron chi connectivity index (χ1n) is 14.4. The number of carbonyl (C=O) groups excluding carboxylic acids is 2. The second-order valence-corrected chi connectivity index (χ2v) is 11.8. The molecule has 0 radical (unpaired) electrons. The van der Waals surface area contributed by atoms with Crippen molar-refractivity contribution in [3.63, 3.8) is 0 Å². The second-order valence-electron chi connectivity index (χ2n) is 10.9. The van der Waals surface area contributed by atoms with Crippen LogP contribution in [0.25, 0.3) is 17.1 Å². The summed E-state index contributed by atoms with van der Waals surface area (Å²) in [6.45, 7) is 4.06. The number of hydrogen-bond acceptors (Lipinski definition) is 6. The molecule has 0 bridgehead atoms. The first-order valence-corrected chi connectivity index (χ1v) is 15.4. The van der Waals surface area contributed by atoms with Gasteiger partial charge in [0.15, 0.2) is 11.0 Å². The van der Waals surface area contributed by atoms with Gasteiger partial charge >= 0.3 is 12.4 Å². The van der Waals surface area contributed by atoms with Crippen molar-refractivity contribution >= 4 is 34.6 Å². The van der Waals surface area contributed by atoms with Crippen molar-refractivity contribution in [2.75, 3.05) is 10.7 Å². The summed E-state index contributed by atoms with van der Waals surface area (Å²) >= 11 is 1.27. The third kappa shape index (κ3) is 7.03. The van der Waals surface area contributed by atoms with E-state index in [1.165, 1.54) is 47.0 Å². The van der Waals surface area contributed by atoms with Gasteiger partial charge in [-0.1, -0.05) is 61.5 Å². The number of nitrogens with one attached hydrogen (secondary N) is 1. The van der Waals surface area contributed by atoms with E-state index in [0.717, 1.165) is 47.2 Å². The molecule has 9 nitrogen and oxygen atoms in total. The Balaban J connectivity index is 1.08. The SMILES string of the molecule is CCCc1ccc(C)cc1N1C(=O)CS/C1=N\C(=O)NC1CC1c1ccc(-c2ncn(-c3ccc(OC(F)(F)F)cc3)n2)cc1. The molecule has 232 valence electrons. The zero-order valence-electron chi connectivity index (χ0n) is 24.4. The van der Waals surface area contributed by atoms with Crippen molar-refractivity contribution in [1.29, 1.82) is 0 Å². The molecule has 2 fully saturated rings.